The van der Waals surface area contributed by atoms with Gasteiger partial charge >= 0.3 is 0 Å². The first kappa shape index (κ1) is 13.6. The summed E-state index contributed by atoms with van der Waals surface area (Å²) in [6.45, 7) is 8.17. The molecule has 2 rings (SSSR count). The van der Waals surface area contributed by atoms with Gasteiger partial charge in [0.25, 0.3) is 0 Å². The molecule has 0 unspecified atom stereocenters. The van der Waals surface area contributed by atoms with E-state index in [1.807, 2.05) is 0 Å². The molecule has 0 bridgehead atoms. The minimum atomic E-state index is 0.308. The largest absolute Gasteiger partial charge is 0.372 e. The molecule has 1 aromatic carbocycles. The molecule has 0 amide bonds. The van der Waals surface area contributed by atoms with E-state index in [1.165, 1.54) is 28.7 Å². The first-order valence-corrected chi connectivity index (χ1v) is 7.06. The highest BCUT2D eigenvalue weighted by Gasteiger charge is 2.17. The number of rotatable bonds is 5. The monoisotopic (exact) mass is 247 g/mol. The number of benzene rings is 1. The van der Waals surface area contributed by atoms with Crippen LogP contribution in [-0.2, 0) is 24.4 Å². The van der Waals surface area contributed by atoms with E-state index < -0.39 is 0 Å². The Morgan fingerprint density at radius 3 is 2.67 bits per heavy atom. The van der Waals surface area contributed by atoms with Gasteiger partial charge in [-0.2, -0.15) is 0 Å². The van der Waals surface area contributed by atoms with E-state index in [-0.39, 0.29) is 0 Å². The minimum Gasteiger partial charge on any atom is -0.372 e. The van der Waals surface area contributed by atoms with Crippen LogP contribution in [-0.4, -0.2) is 6.04 Å². The van der Waals surface area contributed by atoms with E-state index in [0.29, 0.717) is 12.0 Å². The smallest absolute Gasteiger partial charge is 0.0727 e. The standard InChI is InChI=1S/C16H25NO/c1-11(2)14-7-13(6-4-5-12(3)17)16-10-18-9-15(16)8-14/h7-8,11-12H,4-6,9-10,17H2,1-3H3/t12-/m0/s1. The zero-order chi connectivity index (χ0) is 13.1. The van der Waals surface area contributed by atoms with Crippen LogP contribution >= 0.6 is 0 Å². The lowest BCUT2D eigenvalue weighted by Gasteiger charge is -2.13. The lowest BCUT2D eigenvalue weighted by Crippen LogP contribution is -2.14. The summed E-state index contributed by atoms with van der Waals surface area (Å²) in [5.74, 6) is 0.586. The zero-order valence-electron chi connectivity index (χ0n) is 11.8. The summed E-state index contributed by atoms with van der Waals surface area (Å²) in [7, 11) is 0. The zero-order valence-corrected chi connectivity index (χ0v) is 11.8. The molecule has 1 atom stereocenters. The number of aryl methyl sites for hydroxylation is 1. The second-order valence-corrected chi connectivity index (χ2v) is 5.83. The Morgan fingerprint density at radius 1 is 1.22 bits per heavy atom. The highest BCUT2D eigenvalue weighted by Crippen LogP contribution is 2.29. The Bertz CT molecular complexity index is 410. The molecule has 1 aromatic rings. The van der Waals surface area contributed by atoms with E-state index in [4.69, 9.17) is 10.5 Å². The van der Waals surface area contributed by atoms with Crippen molar-refractivity contribution < 1.29 is 4.74 Å². The third-order valence-electron chi connectivity index (χ3n) is 3.73. The second kappa shape index (κ2) is 5.85. The molecule has 0 radical (unpaired) electrons. The highest BCUT2D eigenvalue weighted by atomic mass is 16.5. The van der Waals surface area contributed by atoms with E-state index in [9.17, 15) is 0 Å². The van der Waals surface area contributed by atoms with Crippen molar-refractivity contribution in [2.75, 3.05) is 0 Å². The third-order valence-corrected chi connectivity index (χ3v) is 3.73. The van der Waals surface area contributed by atoms with Crippen LogP contribution in [0.1, 0.15) is 61.8 Å². The lowest BCUT2D eigenvalue weighted by atomic mass is 9.91. The molecule has 2 N–H and O–H groups in total. The number of nitrogens with two attached hydrogens (primary N) is 1. The molecule has 2 nitrogen and oxygen atoms in total. The van der Waals surface area contributed by atoms with Crippen LogP contribution in [0.5, 0.6) is 0 Å². The Morgan fingerprint density at radius 2 is 2.00 bits per heavy atom. The van der Waals surface area contributed by atoms with Crippen LogP contribution in [0.2, 0.25) is 0 Å². The fourth-order valence-corrected chi connectivity index (χ4v) is 2.57. The van der Waals surface area contributed by atoms with Crippen LogP contribution in [0, 0.1) is 0 Å². The molecule has 1 heterocycles. The maximum Gasteiger partial charge on any atom is 0.0727 e. The molecular formula is C16H25NO. The highest BCUT2D eigenvalue weighted by molar-refractivity contribution is 5.41. The summed E-state index contributed by atoms with van der Waals surface area (Å²) in [5.41, 5.74) is 11.6. The predicted molar refractivity (Wildman–Crippen MR) is 75.6 cm³/mol. The summed E-state index contributed by atoms with van der Waals surface area (Å²) < 4.78 is 5.59. The number of hydrogen-bond acceptors (Lipinski definition) is 2. The first-order valence-electron chi connectivity index (χ1n) is 7.06. The Balaban J connectivity index is 2.17. The van der Waals surface area contributed by atoms with Gasteiger partial charge in [-0.1, -0.05) is 26.0 Å². The van der Waals surface area contributed by atoms with Crippen molar-refractivity contribution in [2.24, 2.45) is 5.73 Å². The molecule has 0 aromatic heterocycles. The number of ether oxygens (including phenoxy) is 1. The van der Waals surface area contributed by atoms with Gasteiger partial charge in [-0.15, -0.1) is 0 Å². The van der Waals surface area contributed by atoms with Crippen LogP contribution in [0.15, 0.2) is 12.1 Å². The number of hydrogen-bond donors (Lipinski definition) is 1. The summed E-state index contributed by atoms with van der Waals surface area (Å²) >= 11 is 0. The summed E-state index contributed by atoms with van der Waals surface area (Å²) in [6.07, 6.45) is 3.40. The van der Waals surface area contributed by atoms with Gasteiger partial charge in [0.1, 0.15) is 0 Å². The summed E-state index contributed by atoms with van der Waals surface area (Å²) in [5, 5.41) is 0. The molecule has 0 fully saturated rings. The number of fused-ring (bicyclic) bond motifs is 1. The quantitative estimate of drug-likeness (QED) is 0.864. The lowest BCUT2D eigenvalue weighted by molar-refractivity contribution is 0.134. The van der Waals surface area contributed by atoms with Gasteiger partial charge in [-0.3, -0.25) is 0 Å². The van der Waals surface area contributed by atoms with Crippen molar-refractivity contribution in [3.8, 4) is 0 Å². The average Bonchev–Trinajstić information content (AvgIpc) is 2.76. The van der Waals surface area contributed by atoms with E-state index in [0.717, 1.165) is 26.1 Å². The Labute approximate surface area is 111 Å². The van der Waals surface area contributed by atoms with Crippen molar-refractivity contribution in [3.63, 3.8) is 0 Å². The predicted octanol–water partition coefficient (Wildman–Crippen LogP) is 3.51. The topological polar surface area (TPSA) is 35.2 Å². The van der Waals surface area contributed by atoms with Crippen molar-refractivity contribution in [1.82, 2.24) is 0 Å². The molecule has 0 spiro atoms. The van der Waals surface area contributed by atoms with Crippen LogP contribution in [0.25, 0.3) is 0 Å². The van der Waals surface area contributed by atoms with E-state index in [2.05, 4.69) is 32.9 Å². The van der Waals surface area contributed by atoms with Gasteiger partial charge < -0.3 is 10.5 Å². The third kappa shape index (κ3) is 3.12. The summed E-state index contributed by atoms with van der Waals surface area (Å²) in [6, 6.07) is 5.00. The van der Waals surface area contributed by atoms with E-state index in [1.54, 1.807) is 0 Å². The molecule has 0 saturated heterocycles. The van der Waals surface area contributed by atoms with Crippen LogP contribution in [0.4, 0.5) is 0 Å². The maximum atomic E-state index is 5.82. The fraction of sp³-hybridized carbons (Fsp3) is 0.625. The molecule has 100 valence electrons. The maximum absolute atomic E-state index is 5.82. The average molecular weight is 247 g/mol. The van der Waals surface area contributed by atoms with Crippen LogP contribution < -0.4 is 5.73 Å². The molecule has 0 saturated carbocycles. The SMILES string of the molecule is CC(C)c1cc(CCC[C@H](C)N)c2c(c1)COC2. The molecule has 0 aliphatic carbocycles. The Kier molecular flexibility index (Phi) is 4.41. The van der Waals surface area contributed by atoms with Crippen LogP contribution in [0.3, 0.4) is 0 Å². The normalized spacial score (nSPS) is 16.1. The summed E-state index contributed by atoms with van der Waals surface area (Å²) in [4.78, 5) is 0. The van der Waals surface area contributed by atoms with E-state index >= 15 is 0 Å². The van der Waals surface area contributed by atoms with Gasteiger partial charge in [0.15, 0.2) is 0 Å². The van der Waals surface area contributed by atoms with Gasteiger partial charge in [0.05, 0.1) is 13.2 Å². The second-order valence-electron chi connectivity index (χ2n) is 5.83. The Hall–Kier alpha value is -0.860. The molecule has 18 heavy (non-hydrogen) atoms. The fourth-order valence-electron chi connectivity index (χ4n) is 2.57. The first-order chi connectivity index (χ1) is 8.58. The minimum absolute atomic E-state index is 0.308. The van der Waals surface area contributed by atoms with Crippen molar-refractivity contribution in [2.45, 2.75) is 65.2 Å². The van der Waals surface area contributed by atoms with Gasteiger partial charge in [0, 0.05) is 6.04 Å². The van der Waals surface area contributed by atoms with Crippen molar-refractivity contribution in [3.05, 3.63) is 34.4 Å². The van der Waals surface area contributed by atoms with Gasteiger partial charge in [0.2, 0.25) is 0 Å². The molecular weight excluding hydrogens is 222 g/mol. The van der Waals surface area contributed by atoms with Crippen molar-refractivity contribution in [1.29, 1.82) is 0 Å². The molecule has 1 aliphatic rings. The molecule has 2 heteroatoms. The molecule has 1 aliphatic heterocycles. The van der Waals surface area contributed by atoms with Gasteiger partial charge in [-0.25, -0.2) is 0 Å². The van der Waals surface area contributed by atoms with Gasteiger partial charge in [-0.05, 0) is 54.4 Å². The van der Waals surface area contributed by atoms with Crippen molar-refractivity contribution >= 4 is 0 Å².